The predicted octanol–water partition coefficient (Wildman–Crippen LogP) is 10.9. The number of hydrogen-bond donors (Lipinski definition) is 0. The van der Waals surface area contributed by atoms with Gasteiger partial charge in [-0.3, -0.25) is 0 Å². The van der Waals surface area contributed by atoms with E-state index in [1.54, 1.807) is 45.3 Å². The Morgan fingerprint density at radius 3 is 1.30 bits per heavy atom. The molecular formula is C32H30N2O2S4. The molecule has 6 rings (SSSR count). The maximum Gasteiger partial charge on any atom is 0.155 e. The van der Waals surface area contributed by atoms with Gasteiger partial charge in [-0.15, -0.1) is 22.7 Å². The highest BCUT2D eigenvalue weighted by Crippen LogP contribution is 2.43. The fourth-order valence-corrected chi connectivity index (χ4v) is 8.34. The van der Waals surface area contributed by atoms with Crippen molar-refractivity contribution in [2.75, 3.05) is 13.2 Å². The van der Waals surface area contributed by atoms with Crippen LogP contribution in [0.4, 0.5) is 0 Å². The second kappa shape index (κ2) is 12.6. The van der Waals surface area contributed by atoms with Gasteiger partial charge in [-0.1, -0.05) is 49.4 Å². The summed E-state index contributed by atoms with van der Waals surface area (Å²) in [7, 11) is 0. The molecule has 0 amide bonds. The Kier molecular flexibility index (Phi) is 8.58. The quantitative estimate of drug-likeness (QED) is 0.131. The molecule has 0 aliphatic rings. The number of aromatic nitrogens is 2. The maximum absolute atomic E-state index is 5.81. The zero-order valence-electron chi connectivity index (χ0n) is 22.5. The van der Waals surface area contributed by atoms with Crippen molar-refractivity contribution in [2.24, 2.45) is 0 Å². The fourth-order valence-electron chi connectivity index (χ4n) is 4.17. The summed E-state index contributed by atoms with van der Waals surface area (Å²) >= 11 is 6.88. The first-order chi connectivity index (χ1) is 19.7. The minimum Gasteiger partial charge on any atom is -0.494 e. The molecule has 0 spiro atoms. The smallest absolute Gasteiger partial charge is 0.155 e. The highest BCUT2D eigenvalue weighted by atomic mass is 32.1. The average Bonchev–Trinajstić information content (AvgIpc) is 3.78. The van der Waals surface area contributed by atoms with E-state index in [2.05, 4.69) is 86.6 Å². The lowest BCUT2D eigenvalue weighted by Crippen LogP contribution is -1.95. The van der Waals surface area contributed by atoms with Crippen LogP contribution in [0.5, 0.6) is 11.5 Å². The number of thiazole rings is 2. The Bertz CT molecular complexity index is 1520. The number of nitrogens with zero attached hydrogens (tertiary/aromatic N) is 2. The molecule has 0 N–H and O–H groups in total. The molecule has 4 nitrogen and oxygen atoms in total. The monoisotopic (exact) mass is 602 g/mol. The molecular weight excluding hydrogens is 573 g/mol. The first-order valence-corrected chi connectivity index (χ1v) is 16.9. The van der Waals surface area contributed by atoms with Crippen molar-refractivity contribution in [1.29, 1.82) is 0 Å². The number of unbranched alkanes of at least 4 members (excludes halogenated alkanes) is 2. The summed E-state index contributed by atoms with van der Waals surface area (Å²) in [6, 6.07) is 25.5. The van der Waals surface area contributed by atoms with Gasteiger partial charge in [0.05, 0.1) is 23.0 Å². The highest BCUT2D eigenvalue weighted by molar-refractivity contribution is 7.32. The molecule has 2 aromatic carbocycles. The molecule has 4 aromatic heterocycles. The van der Waals surface area contributed by atoms with Crippen LogP contribution >= 0.6 is 45.3 Å². The minimum atomic E-state index is 0.770. The van der Waals surface area contributed by atoms with Gasteiger partial charge in [0, 0.05) is 9.75 Å². The lowest BCUT2D eigenvalue weighted by molar-refractivity contribution is 0.309. The van der Waals surface area contributed by atoms with Crippen LogP contribution in [0.2, 0.25) is 0 Å². The van der Waals surface area contributed by atoms with Crippen molar-refractivity contribution in [3.63, 3.8) is 0 Å². The van der Waals surface area contributed by atoms with Crippen molar-refractivity contribution in [2.45, 2.75) is 39.5 Å². The molecule has 0 saturated heterocycles. The molecule has 204 valence electrons. The summed E-state index contributed by atoms with van der Waals surface area (Å²) in [5.41, 5.74) is 2.40. The second-order valence-electron chi connectivity index (χ2n) is 9.43. The molecule has 0 radical (unpaired) electrons. The SMILES string of the molecule is CCCCOc1ccc(-c2ccc(-c3nc4sc(-c5ccc(-c6ccc(OCCCC)cc6)s5)nc4s3)s2)cc1. The molecule has 4 heterocycles. The van der Waals surface area contributed by atoms with Gasteiger partial charge in [0.1, 0.15) is 21.5 Å². The first-order valence-electron chi connectivity index (χ1n) is 13.6. The van der Waals surface area contributed by atoms with Gasteiger partial charge in [-0.25, -0.2) is 9.97 Å². The van der Waals surface area contributed by atoms with Crippen LogP contribution in [-0.2, 0) is 0 Å². The Morgan fingerprint density at radius 2 is 0.900 bits per heavy atom. The molecule has 0 fully saturated rings. The Hall–Kier alpha value is -3.04. The van der Waals surface area contributed by atoms with Crippen molar-refractivity contribution >= 4 is 55.0 Å². The largest absolute Gasteiger partial charge is 0.494 e. The van der Waals surface area contributed by atoms with Crippen LogP contribution in [0.15, 0.2) is 72.8 Å². The highest BCUT2D eigenvalue weighted by Gasteiger charge is 2.16. The van der Waals surface area contributed by atoms with Crippen molar-refractivity contribution in [3.05, 3.63) is 72.8 Å². The predicted molar refractivity (Wildman–Crippen MR) is 174 cm³/mol. The van der Waals surface area contributed by atoms with Gasteiger partial charge in [0.25, 0.3) is 0 Å². The fraction of sp³-hybridized carbons (Fsp3) is 0.250. The van der Waals surface area contributed by atoms with Gasteiger partial charge in [-0.05, 0) is 96.8 Å². The number of hydrogen-bond acceptors (Lipinski definition) is 8. The lowest BCUT2D eigenvalue weighted by Gasteiger charge is -2.05. The standard InChI is InChI=1S/C32H30N2O2S4/c1-3-5-19-35-23-11-7-21(8-12-23)25-15-17-27(37-25)29-33-31-32(39-29)34-30(40-31)28-18-16-26(38-28)22-9-13-24(14-10-22)36-20-6-4-2/h7-18H,3-6,19-20H2,1-2H3. The van der Waals surface area contributed by atoms with Crippen LogP contribution in [0.3, 0.4) is 0 Å². The van der Waals surface area contributed by atoms with Gasteiger partial charge in [0.15, 0.2) is 9.66 Å². The van der Waals surface area contributed by atoms with Gasteiger partial charge in [0.2, 0.25) is 0 Å². The summed E-state index contributed by atoms with van der Waals surface area (Å²) in [5.74, 6) is 1.86. The van der Waals surface area contributed by atoms with Crippen molar-refractivity contribution < 1.29 is 9.47 Å². The number of thiophene rings is 2. The van der Waals surface area contributed by atoms with Gasteiger partial charge >= 0.3 is 0 Å². The molecule has 8 heteroatoms. The summed E-state index contributed by atoms with van der Waals surface area (Å²) in [6.45, 7) is 5.89. The van der Waals surface area contributed by atoms with Crippen LogP contribution < -0.4 is 9.47 Å². The summed E-state index contributed by atoms with van der Waals surface area (Å²) in [4.78, 5) is 16.7. The van der Waals surface area contributed by atoms with E-state index >= 15 is 0 Å². The van der Waals surface area contributed by atoms with E-state index in [1.165, 1.54) is 30.6 Å². The molecule has 0 atom stereocenters. The Balaban J connectivity index is 1.13. The van der Waals surface area contributed by atoms with Crippen molar-refractivity contribution in [3.8, 4) is 52.1 Å². The van der Waals surface area contributed by atoms with Gasteiger partial charge in [-0.2, -0.15) is 0 Å². The third-order valence-corrected chi connectivity index (χ3v) is 11.1. The van der Waals surface area contributed by atoms with E-state index < -0.39 is 0 Å². The zero-order chi connectivity index (χ0) is 27.3. The minimum absolute atomic E-state index is 0.770. The van der Waals surface area contributed by atoms with Crippen LogP contribution in [0, 0.1) is 0 Å². The van der Waals surface area contributed by atoms with E-state index in [-0.39, 0.29) is 0 Å². The summed E-state index contributed by atoms with van der Waals surface area (Å²) < 4.78 is 11.6. The number of ether oxygens (including phenoxy) is 2. The van der Waals surface area contributed by atoms with E-state index in [0.29, 0.717) is 0 Å². The molecule has 0 saturated carbocycles. The molecule has 40 heavy (non-hydrogen) atoms. The van der Waals surface area contributed by atoms with Crippen LogP contribution in [0.1, 0.15) is 39.5 Å². The summed E-state index contributed by atoms with van der Waals surface area (Å²) in [6.07, 6.45) is 4.44. The van der Waals surface area contributed by atoms with E-state index in [0.717, 1.165) is 70.1 Å². The van der Waals surface area contributed by atoms with Crippen LogP contribution in [-0.4, -0.2) is 23.2 Å². The second-order valence-corrected chi connectivity index (χ2v) is 13.6. The topological polar surface area (TPSA) is 44.2 Å². The molecule has 0 unspecified atom stereocenters. The average molecular weight is 603 g/mol. The molecule has 0 aliphatic heterocycles. The molecule has 0 aliphatic carbocycles. The zero-order valence-corrected chi connectivity index (χ0v) is 25.8. The third kappa shape index (κ3) is 6.15. The van der Waals surface area contributed by atoms with E-state index in [9.17, 15) is 0 Å². The van der Waals surface area contributed by atoms with E-state index in [1.807, 2.05) is 0 Å². The lowest BCUT2D eigenvalue weighted by atomic mass is 10.2. The Labute approximate surface area is 250 Å². The van der Waals surface area contributed by atoms with Gasteiger partial charge < -0.3 is 9.47 Å². The number of rotatable bonds is 12. The molecule has 0 bridgehead atoms. The van der Waals surface area contributed by atoms with Crippen LogP contribution in [0.25, 0.3) is 50.3 Å². The first kappa shape index (κ1) is 27.1. The van der Waals surface area contributed by atoms with Crippen molar-refractivity contribution in [1.82, 2.24) is 9.97 Å². The number of fused-ring (bicyclic) bond motifs is 1. The Morgan fingerprint density at radius 1 is 0.500 bits per heavy atom. The third-order valence-electron chi connectivity index (χ3n) is 6.42. The normalized spacial score (nSPS) is 11.3. The summed E-state index contributed by atoms with van der Waals surface area (Å²) in [5, 5.41) is 2.06. The maximum atomic E-state index is 5.81. The number of benzene rings is 2. The van der Waals surface area contributed by atoms with E-state index in [4.69, 9.17) is 19.4 Å². The molecule has 6 aromatic rings.